The summed E-state index contributed by atoms with van der Waals surface area (Å²) in [6, 6.07) is 6.00. The smallest absolute Gasteiger partial charge is 0.306 e. The van der Waals surface area contributed by atoms with Gasteiger partial charge in [0.1, 0.15) is 5.82 Å². The first-order chi connectivity index (χ1) is 12.8. The van der Waals surface area contributed by atoms with E-state index in [2.05, 4.69) is 40.6 Å². The summed E-state index contributed by atoms with van der Waals surface area (Å²) in [4.78, 5) is 35.2. The molecule has 2 aromatic rings. The predicted molar refractivity (Wildman–Crippen MR) is 112 cm³/mol. The van der Waals surface area contributed by atoms with Crippen molar-refractivity contribution in [3.05, 3.63) is 27.6 Å². The highest BCUT2D eigenvalue weighted by Crippen LogP contribution is 2.37. The maximum atomic E-state index is 13.3. The minimum atomic E-state index is -0.379. The molecule has 1 fully saturated rings. The molecule has 0 bridgehead atoms. The number of amides is 1. The summed E-state index contributed by atoms with van der Waals surface area (Å²) in [5, 5.41) is 0. The molecule has 1 aliphatic rings. The van der Waals surface area contributed by atoms with Gasteiger partial charge in [0, 0.05) is 10.1 Å². The highest BCUT2D eigenvalue weighted by atomic mass is 127. The lowest BCUT2D eigenvalue weighted by molar-refractivity contribution is -0.148. The molecule has 0 radical (unpaired) electrons. The molecule has 0 unspecified atom stereocenters. The zero-order valence-corrected chi connectivity index (χ0v) is 18.3. The molecule has 3 rings (SSSR count). The first kappa shape index (κ1) is 20.1. The Balaban J connectivity index is 1.89. The van der Waals surface area contributed by atoms with Gasteiger partial charge in [-0.05, 0) is 59.0 Å². The molecule has 146 valence electrons. The predicted octanol–water partition coefficient (Wildman–Crippen LogP) is 3.91. The third kappa shape index (κ3) is 4.28. The largest absolute Gasteiger partial charge is 0.469 e. The van der Waals surface area contributed by atoms with Crippen molar-refractivity contribution in [2.45, 2.75) is 39.7 Å². The SMILES string of the molecule is COC(=O)C[C@H](C(=O)N1C[C@@H](C)C[C@H]1c1nc2ccc(I)cc2[nH]1)C(C)C. The lowest BCUT2D eigenvalue weighted by atomic mass is 9.91. The van der Waals surface area contributed by atoms with Gasteiger partial charge in [-0.25, -0.2) is 4.98 Å². The number of imidazole rings is 1. The standard InChI is InChI=1S/C20H26IN3O3/c1-11(2)14(9-18(25)27-4)20(26)24-10-12(3)7-17(24)19-22-15-6-5-13(21)8-16(15)23-19/h5-6,8,11-12,14,17H,7,9-10H2,1-4H3,(H,22,23)/t12-,14-,17-/m0/s1. The number of benzene rings is 1. The molecule has 0 spiro atoms. The summed E-state index contributed by atoms with van der Waals surface area (Å²) >= 11 is 2.28. The van der Waals surface area contributed by atoms with E-state index in [0.717, 1.165) is 26.8 Å². The molecule has 1 aromatic carbocycles. The van der Waals surface area contributed by atoms with Gasteiger partial charge in [0.2, 0.25) is 5.91 Å². The van der Waals surface area contributed by atoms with Crippen molar-refractivity contribution < 1.29 is 14.3 Å². The maximum Gasteiger partial charge on any atom is 0.306 e. The minimum absolute atomic E-state index is 0.0137. The average molecular weight is 483 g/mol. The van der Waals surface area contributed by atoms with Crippen molar-refractivity contribution >= 4 is 45.5 Å². The number of hydrogen-bond acceptors (Lipinski definition) is 4. The summed E-state index contributed by atoms with van der Waals surface area (Å²) in [6.07, 6.45) is 0.981. The highest BCUT2D eigenvalue weighted by Gasteiger charge is 2.40. The number of methoxy groups -OCH3 is 1. The molecule has 7 heteroatoms. The van der Waals surface area contributed by atoms with Crippen molar-refractivity contribution in [1.29, 1.82) is 0 Å². The van der Waals surface area contributed by atoms with Gasteiger partial charge in [0.25, 0.3) is 0 Å². The van der Waals surface area contributed by atoms with E-state index in [4.69, 9.17) is 9.72 Å². The van der Waals surface area contributed by atoms with Crippen LogP contribution >= 0.6 is 22.6 Å². The monoisotopic (exact) mass is 483 g/mol. The highest BCUT2D eigenvalue weighted by molar-refractivity contribution is 14.1. The lowest BCUT2D eigenvalue weighted by Crippen LogP contribution is -2.39. The van der Waals surface area contributed by atoms with Crippen LogP contribution in [0.4, 0.5) is 0 Å². The Bertz CT molecular complexity index is 848. The van der Waals surface area contributed by atoms with Crippen LogP contribution in [0.15, 0.2) is 18.2 Å². The molecule has 1 saturated heterocycles. The van der Waals surface area contributed by atoms with Crippen molar-refractivity contribution in [3.63, 3.8) is 0 Å². The number of likely N-dealkylation sites (tertiary alicyclic amines) is 1. The van der Waals surface area contributed by atoms with Gasteiger partial charge in [0.15, 0.2) is 0 Å². The van der Waals surface area contributed by atoms with E-state index in [1.54, 1.807) is 0 Å². The number of aromatic amines is 1. The van der Waals surface area contributed by atoms with Gasteiger partial charge in [-0.2, -0.15) is 0 Å². The number of ether oxygens (including phenoxy) is 1. The summed E-state index contributed by atoms with van der Waals surface area (Å²) in [7, 11) is 1.36. The molecule has 3 atom stereocenters. The minimum Gasteiger partial charge on any atom is -0.469 e. The quantitative estimate of drug-likeness (QED) is 0.517. The van der Waals surface area contributed by atoms with E-state index >= 15 is 0 Å². The molecule has 1 aliphatic heterocycles. The molecule has 6 nitrogen and oxygen atoms in total. The lowest BCUT2D eigenvalue weighted by Gasteiger charge is -2.29. The number of fused-ring (bicyclic) bond motifs is 1. The second-order valence-electron chi connectivity index (χ2n) is 7.76. The number of nitrogens with zero attached hydrogens (tertiary/aromatic N) is 2. The second-order valence-corrected chi connectivity index (χ2v) is 9.01. The van der Waals surface area contributed by atoms with Crippen LogP contribution in [0.5, 0.6) is 0 Å². The van der Waals surface area contributed by atoms with Gasteiger partial charge < -0.3 is 14.6 Å². The van der Waals surface area contributed by atoms with Crippen molar-refractivity contribution in [2.75, 3.05) is 13.7 Å². The van der Waals surface area contributed by atoms with Gasteiger partial charge in [-0.15, -0.1) is 0 Å². The first-order valence-electron chi connectivity index (χ1n) is 9.32. The van der Waals surface area contributed by atoms with Crippen molar-refractivity contribution in [1.82, 2.24) is 14.9 Å². The molecule has 1 amide bonds. The van der Waals surface area contributed by atoms with E-state index in [9.17, 15) is 9.59 Å². The maximum absolute atomic E-state index is 13.3. The first-order valence-corrected chi connectivity index (χ1v) is 10.4. The molecular formula is C20H26IN3O3. The van der Waals surface area contributed by atoms with Crippen LogP contribution < -0.4 is 0 Å². The number of H-pyrrole nitrogens is 1. The third-order valence-electron chi connectivity index (χ3n) is 5.31. The number of carbonyl (C=O) groups is 2. The van der Waals surface area contributed by atoms with E-state index in [0.29, 0.717) is 12.5 Å². The topological polar surface area (TPSA) is 75.3 Å². The normalized spacial score (nSPS) is 21.0. The Labute approximate surface area is 173 Å². The van der Waals surface area contributed by atoms with Gasteiger partial charge in [-0.3, -0.25) is 9.59 Å². The number of hydrogen-bond donors (Lipinski definition) is 1. The Kier molecular flexibility index (Phi) is 6.08. The van der Waals surface area contributed by atoms with Crippen molar-refractivity contribution in [2.24, 2.45) is 17.8 Å². The summed E-state index contributed by atoms with van der Waals surface area (Å²) in [5.41, 5.74) is 1.89. The molecule has 27 heavy (non-hydrogen) atoms. The van der Waals surface area contributed by atoms with Crippen LogP contribution in [0.2, 0.25) is 0 Å². The van der Waals surface area contributed by atoms with Crippen LogP contribution in [0.3, 0.4) is 0 Å². The summed E-state index contributed by atoms with van der Waals surface area (Å²) < 4.78 is 5.94. The number of rotatable bonds is 5. The number of nitrogens with one attached hydrogen (secondary N) is 1. The molecular weight excluding hydrogens is 457 g/mol. The number of esters is 1. The fourth-order valence-corrected chi connectivity index (χ4v) is 4.28. The second kappa shape index (κ2) is 8.16. The average Bonchev–Trinajstić information content (AvgIpc) is 3.21. The van der Waals surface area contributed by atoms with Gasteiger partial charge in [0.05, 0.1) is 36.5 Å². The molecule has 2 heterocycles. The Hall–Kier alpha value is -1.64. The fourth-order valence-electron chi connectivity index (χ4n) is 3.79. The third-order valence-corrected chi connectivity index (χ3v) is 5.98. The molecule has 1 N–H and O–H groups in total. The fraction of sp³-hybridized carbons (Fsp3) is 0.550. The van der Waals surface area contributed by atoms with Gasteiger partial charge >= 0.3 is 5.97 Å². The van der Waals surface area contributed by atoms with E-state index in [-0.39, 0.29) is 36.2 Å². The Morgan fingerprint density at radius 3 is 2.81 bits per heavy atom. The van der Waals surface area contributed by atoms with Crippen LogP contribution in [-0.4, -0.2) is 40.4 Å². The molecule has 1 aromatic heterocycles. The summed E-state index contributed by atoms with van der Waals surface area (Å²) in [6.45, 7) is 6.78. The molecule has 0 saturated carbocycles. The van der Waals surface area contributed by atoms with E-state index in [1.807, 2.05) is 30.9 Å². The van der Waals surface area contributed by atoms with E-state index < -0.39 is 0 Å². The van der Waals surface area contributed by atoms with Crippen LogP contribution in [-0.2, 0) is 14.3 Å². The number of aromatic nitrogens is 2. The van der Waals surface area contributed by atoms with Crippen LogP contribution in [0.1, 0.15) is 45.5 Å². The Morgan fingerprint density at radius 2 is 2.15 bits per heavy atom. The zero-order chi connectivity index (χ0) is 19.7. The van der Waals surface area contributed by atoms with Gasteiger partial charge in [-0.1, -0.05) is 20.8 Å². The van der Waals surface area contributed by atoms with E-state index in [1.165, 1.54) is 7.11 Å². The molecule has 0 aliphatic carbocycles. The number of halogens is 1. The number of carbonyl (C=O) groups excluding carboxylic acids is 2. The summed E-state index contributed by atoms with van der Waals surface area (Å²) in [5.74, 6) is 0.563. The Morgan fingerprint density at radius 1 is 1.41 bits per heavy atom. The van der Waals surface area contributed by atoms with Crippen LogP contribution in [0, 0.1) is 21.3 Å². The van der Waals surface area contributed by atoms with Crippen molar-refractivity contribution in [3.8, 4) is 0 Å². The van der Waals surface area contributed by atoms with Crippen LogP contribution in [0.25, 0.3) is 11.0 Å². The zero-order valence-electron chi connectivity index (χ0n) is 16.2.